The number of anilines is 1. The van der Waals surface area contributed by atoms with Gasteiger partial charge in [0.1, 0.15) is 12.7 Å². The van der Waals surface area contributed by atoms with Gasteiger partial charge in [0.25, 0.3) is 5.91 Å². The Labute approximate surface area is 190 Å². The van der Waals surface area contributed by atoms with E-state index in [1.807, 2.05) is 49.3 Å². The van der Waals surface area contributed by atoms with Gasteiger partial charge in [0.15, 0.2) is 5.52 Å². The van der Waals surface area contributed by atoms with Crippen LogP contribution in [0.15, 0.2) is 42.7 Å². The fraction of sp³-hybridized carbons (Fsp3) is 0.391. The minimum Gasteiger partial charge on any atom is -0.473 e. The van der Waals surface area contributed by atoms with E-state index >= 15 is 0 Å². The van der Waals surface area contributed by atoms with E-state index in [2.05, 4.69) is 15.0 Å². The first-order valence-corrected chi connectivity index (χ1v) is 10.5. The molecule has 1 aliphatic heterocycles. The summed E-state index contributed by atoms with van der Waals surface area (Å²) in [5.74, 6) is -4.37. The third-order valence-corrected chi connectivity index (χ3v) is 5.31. The van der Waals surface area contributed by atoms with Crippen LogP contribution < -0.4 is 9.64 Å². The number of hydrogen-bond acceptors (Lipinski definition) is 7. The summed E-state index contributed by atoms with van der Waals surface area (Å²) < 4.78 is 38.4. The highest BCUT2D eigenvalue weighted by Gasteiger charge is 2.38. The van der Waals surface area contributed by atoms with Gasteiger partial charge < -0.3 is 19.3 Å². The molecule has 1 aliphatic rings. The molecule has 33 heavy (non-hydrogen) atoms. The number of pyridine rings is 1. The molecule has 1 saturated heterocycles. The largest absolute Gasteiger partial charge is 0.473 e. The number of carbonyl (C=O) groups is 1. The van der Waals surface area contributed by atoms with Crippen LogP contribution in [0.4, 0.5) is 14.5 Å². The Morgan fingerprint density at radius 2 is 1.97 bits per heavy atom. The molecule has 2 aromatic heterocycles. The fourth-order valence-corrected chi connectivity index (χ4v) is 3.58. The molecule has 174 valence electrons. The van der Waals surface area contributed by atoms with Crippen molar-refractivity contribution in [1.82, 2.24) is 19.9 Å². The zero-order valence-electron chi connectivity index (χ0n) is 18.7. The van der Waals surface area contributed by atoms with E-state index in [9.17, 15) is 13.6 Å². The Balaban J connectivity index is 1.55. The van der Waals surface area contributed by atoms with E-state index in [4.69, 9.17) is 9.47 Å². The lowest BCUT2D eigenvalue weighted by atomic mass is 10.1. The molecule has 4 rings (SSSR count). The summed E-state index contributed by atoms with van der Waals surface area (Å²) in [6, 6.07) is 9.73. The Hall–Kier alpha value is -3.40. The van der Waals surface area contributed by atoms with Gasteiger partial charge in [0.05, 0.1) is 24.4 Å². The molecular formula is C23H25F2N5O3. The predicted molar refractivity (Wildman–Crippen MR) is 120 cm³/mol. The first kappa shape index (κ1) is 22.8. The standard InChI is InChI=1S/C23H25F2N5O3/c1-23(24,25)22(31)30-10-11-32-17(13-30)14-33-21-20-19(26-8-9-27-20)12-18(28-21)15-4-6-16(7-5-15)29(2)3/h4-9,12,17H,10-11,13-14H2,1-3H3/t17-/m0/s1. The molecule has 0 bridgehead atoms. The SMILES string of the molecule is CN(C)c1ccc(-c2cc3nccnc3c(OC[C@@H]3CN(C(=O)C(C)(F)F)CCO3)n2)cc1. The number of nitrogens with zero attached hydrogens (tertiary/aromatic N) is 5. The first-order valence-electron chi connectivity index (χ1n) is 10.5. The highest BCUT2D eigenvalue weighted by atomic mass is 19.3. The van der Waals surface area contributed by atoms with Gasteiger partial charge in [0, 0.05) is 51.2 Å². The number of amides is 1. The Morgan fingerprint density at radius 3 is 2.67 bits per heavy atom. The molecular weight excluding hydrogens is 432 g/mol. The van der Waals surface area contributed by atoms with Crippen molar-refractivity contribution < 1.29 is 23.0 Å². The average Bonchev–Trinajstić information content (AvgIpc) is 2.81. The summed E-state index contributed by atoms with van der Waals surface area (Å²) in [6.07, 6.45) is 2.56. The van der Waals surface area contributed by atoms with E-state index in [0.29, 0.717) is 23.7 Å². The number of alkyl halides is 2. The number of carbonyl (C=O) groups excluding carboxylic acids is 1. The second-order valence-corrected chi connectivity index (χ2v) is 8.12. The van der Waals surface area contributed by atoms with Gasteiger partial charge in [0.2, 0.25) is 5.88 Å². The normalized spacial score (nSPS) is 16.6. The van der Waals surface area contributed by atoms with E-state index in [-0.39, 0.29) is 32.2 Å². The van der Waals surface area contributed by atoms with Gasteiger partial charge in [-0.3, -0.25) is 9.78 Å². The molecule has 0 unspecified atom stereocenters. The second kappa shape index (κ2) is 9.22. The third kappa shape index (κ3) is 5.16. The maximum absolute atomic E-state index is 13.4. The van der Waals surface area contributed by atoms with Crippen LogP contribution in [0.3, 0.4) is 0 Å². The minimum absolute atomic E-state index is 0.0115. The van der Waals surface area contributed by atoms with Crippen molar-refractivity contribution >= 4 is 22.6 Å². The van der Waals surface area contributed by atoms with Crippen molar-refractivity contribution in [2.45, 2.75) is 19.0 Å². The lowest BCUT2D eigenvalue weighted by molar-refractivity contribution is -0.162. The lowest BCUT2D eigenvalue weighted by Gasteiger charge is -2.33. The predicted octanol–water partition coefficient (Wildman–Crippen LogP) is 3.02. The topological polar surface area (TPSA) is 80.7 Å². The zero-order valence-corrected chi connectivity index (χ0v) is 18.7. The molecule has 0 radical (unpaired) electrons. The number of morpholine rings is 1. The maximum Gasteiger partial charge on any atom is 0.322 e. The van der Waals surface area contributed by atoms with Crippen LogP contribution in [0.25, 0.3) is 22.3 Å². The second-order valence-electron chi connectivity index (χ2n) is 8.12. The molecule has 10 heteroatoms. The lowest BCUT2D eigenvalue weighted by Crippen LogP contribution is -2.52. The molecule has 3 aromatic rings. The van der Waals surface area contributed by atoms with Gasteiger partial charge in [-0.15, -0.1) is 0 Å². The summed E-state index contributed by atoms with van der Waals surface area (Å²) in [6.45, 7) is 0.909. The van der Waals surface area contributed by atoms with Crippen molar-refractivity contribution in [3.63, 3.8) is 0 Å². The highest BCUT2D eigenvalue weighted by molar-refractivity contribution is 5.84. The van der Waals surface area contributed by atoms with Gasteiger partial charge in [-0.05, 0) is 18.2 Å². The Bertz CT molecular complexity index is 1140. The van der Waals surface area contributed by atoms with Gasteiger partial charge in [-0.1, -0.05) is 12.1 Å². The molecule has 0 saturated carbocycles. The Kier molecular flexibility index (Phi) is 6.37. The molecule has 0 spiro atoms. The van der Waals surface area contributed by atoms with Crippen LogP contribution in [0.1, 0.15) is 6.92 Å². The van der Waals surface area contributed by atoms with Crippen LogP contribution in [-0.2, 0) is 9.53 Å². The Morgan fingerprint density at radius 1 is 1.24 bits per heavy atom. The molecule has 1 amide bonds. The summed E-state index contributed by atoms with van der Waals surface area (Å²) in [7, 11) is 3.93. The van der Waals surface area contributed by atoms with Gasteiger partial charge in [-0.2, -0.15) is 8.78 Å². The smallest absolute Gasteiger partial charge is 0.322 e. The molecule has 1 atom stereocenters. The molecule has 3 heterocycles. The number of aromatic nitrogens is 3. The summed E-state index contributed by atoms with van der Waals surface area (Å²) in [4.78, 5) is 28.4. The molecule has 0 aliphatic carbocycles. The van der Waals surface area contributed by atoms with Crippen molar-refractivity contribution in [1.29, 1.82) is 0 Å². The molecule has 1 aromatic carbocycles. The minimum atomic E-state index is -3.42. The van der Waals surface area contributed by atoms with Crippen LogP contribution in [0.5, 0.6) is 5.88 Å². The van der Waals surface area contributed by atoms with E-state index in [1.165, 1.54) is 0 Å². The molecule has 8 nitrogen and oxygen atoms in total. The van der Waals surface area contributed by atoms with Crippen LogP contribution in [-0.4, -0.2) is 78.2 Å². The number of fused-ring (bicyclic) bond motifs is 1. The summed E-state index contributed by atoms with van der Waals surface area (Å²) >= 11 is 0. The van der Waals surface area contributed by atoms with Gasteiger partial charge >= 0.3 is 5.92 Å². The van der Waals surface area contributed by atoms with Crippen LogP contribution >= 0.6 is 0 Å². The zero-order chi connectivity index (χ0) is 23.6. The van der Waals surface area contributed by atoms with Crippen molar-refractivity contribution in [2.24, 2.45) is 0 Å². The number of rotatable bonds is 6. The number of hydrogen-bond donors (Lipinski definition) is 0. The molecule has 0 N–H and O–H groups in total. The van der Waals surface area contributed by atoms with Crippen molar-refractivity contribution in [2.75, 3.05) is 45.3 Å². The van der Waals surface area contributed by atoms with Gasteiger partial charge in [-0.25, -0.2) is 9.97 Å². The monoisotopic (exact) mass is 457 g/mol. The van der Waals surface area contributed by atoms with Crippen molar-refractivity contribution in [3.8, 4) is 17.1 Å². The van der Waals surface area contributed by atoms with Crippen molar-refractivity contribution in [3.05, 3.63) is 42.7 Å². The number of ether oxygens (including phenoxy) is 2. The molecule has 1 fully saturated rings. The van der Waals surface area contributed by atoms with E-state index in [1.54, 1.807) is 12.4 Å². The number of benzene rings is 1. The van der Waals surface area contributed by atoms with E-state index < -0.39 is 17.9 Å². The third-order valence-electron chi connectivity index (χ3n) is 5.31. The average molecular weight is 457 g/mol. The van der Waals surface area contributed by atoms with Crippen LogP contribution in [0, 0.1) is 0 Å². The maximum atomic E-state index is 13.4. The summed E-state index contributed by atoms with van der Waals surface area (Å²) in [5, 5.41) is 0. The first-order chi connectivity index (χ1) is 15.7. The summed E-state index contributed by atoms with van der Waals surface area (Å²) in [5.41, 5.74) is 3.70. The van der Waals surface area contributed by atoms with E-state index in [0.717, 1.165) is 16.2 Å². The van der Waals surface area contributed by atoms with Crippen LogP contribution in [0.2, 0.25) is 0 Å². The quantitative estimate of drug-likeness (QED) is 0.563. The fourth-order valence-electron chi connectivity index (χ4n) is 3.58. The number of halogens is 2. The highest BCUT2D eigenvalue weighted by Crippen LogP contribution is 2.28.